The minimum atomic E-state index is -3.42. The Morgan fingerprint density at radius 2 is 1.94 bits per heavy atom. The van der Waals surface area contributed by atoms with Crippen LogP contribution in [0.5, 0.6) is 0 Å². The molecule has 1 saturated heterocycles. The van der Waals surface area contributed by atoms with Crippen molar-refractivity contribution in [2.75, 3.05) is 13.1 Å². The summed E-state index contributed by atoms with van der Waals surface area (Å²) in [5, 5.41) is 0. The first kappa shape index (κ1) is 15.9. The van der Waals surface area contributed by atoms with Gasteiger partial charge in [-0.05, 0) is 32.6 Å². The van der Waals surface area contributed by atoms with Crippen LogP contribution in [0.4, 0.5) is 0 Å². The van der Waals surface area contributed by atoms with Crippen LogP contribution in [-0.2, 0) is 10.2 Å². The lowest BCUT2D eigenvalue weighted by atomic mass is 9.95. The number of nitrogens with one attached hydrogen (secondary N) is 1. The minimum Gasteiger partial charge on any atom is -0.329 e. The molecule has 18 heavy (non-hydrogen) atoms. The first-order valence-corrected chi connectivity index (χ1v) is 8.35. The fraction of sp³-hybridized carbons (Fsp3) is 1.00. The number of piperidine rings is 1. The van der Waals surface area contributed by atoms with Crippen molar-refractivity contribution in [2.45, 2.75) is 64.5 Å². The zero-order valence-electron chi connectivity index (χ0n) is 11.8. The molecule has 5 nitrogen and oxygen atoms in total. The first-order chi connectivity index (χ1) is 8.40. The molecule has 108 valence electrons. The second-order valence-corrected chi connectivity index (χ2v) is 6.88. The highest BCUT2D eigenvalue weighted by molar-refractivity contribution is 7.87. The first-order valence-electron chi connectivity index (χ1n) is 6.91. The molecule has 1 aliphatic rings. The molecule has 0 aliphatic carbocycles. The Balaban J connectivity index is 2.86. The van der Waals surface area contributed by atoms with Crippen molar-refractivity contribution in [3.8, 4) is 0 Å². The fourth-order valence-corrected chi connectivity index (χ4v) is 4.47. The Kier molecular flexibility index (Phi) is 5.58. The van der Waals surface area contributed by atoms with Crippen LogP contribution in [-0.4, -0.2) is 37.4 Å². The molecule has 0 amide bonds. The van der Waals surface area contributed by atoms with E-state index >= 15 is 0 Å². The predicted molar refractivity (Wildman–Crippen MR) is 74.4 cm³/mol. The van der Waals surface area contributed by atoms with Gasteiger partial charge in [-0.15, -0.1) is 0 Å². The second kappa shape index (κ2) is 6.32. The van der Waals surface area contributed by atoms with E-state index in [1.165, 1.54) is 0 Å². The zero-order chi connectivity index (χ0) is 13.8. The SMILES string of the molecule is CCC(CC)(CN)NS(=O)(=O)N1CCCCC1C. The molecule has 0 aromatic rings. The normalized spacial score (nSPS) is 23.2. The van der Waals surface area contributed by atoms with Crippen molar-refractivity contribution >= 4 is 10.2 Å². The van der Waals surface area contributed by atoms with Gasteiger partial charge >= 0.3 is 0 Å². The Morgan fingerprint density at radius 3 is 2.39 bits per heavy atom. The number of nitrogens with two attached hydrogens (primary N) is 1. The minimum absolute atomic E-state index is 0.0837. The summed E-state index contributed by atoms with van der Waals surface area (Å²) in [5.74, 6) is 0. The van der Waals surface area contributed by atoms with Crippen molar-refractivity contribution in [1.29, 1.82) is 0 Å². The van der Waals surface area contributed by atoms with Gasteiger partial charge in [0.15, 0.2) is 0 Å². The number of rotatable bonds is 6. The van der Waals surface area contributed by atoms with Crippen molar-refractivity contribution in [1.82, 2.24) is 9.03 Å². The van der Waals surface area contributed by atoms with Crippen molar-refractivity contribution < 1.29 is 8.42 Å². The summed E-state index contributed by atoms with van der Waals surface area (Å²) in [5.41, 5.74) is 5.25. The second-order valence-electron chi connectivity index (χ2n) is 5.25. The fourth-order valence-electron chi connectivity index (χ4n) is 2.49. The van der Waals surface area contributed by atoms with Crippen LogP contribution in [0.15, 0.2) is 0 Å². The standard InChI is InChI=1S/C12H27N3O2S/c1-4-12(5-2,10-13)14-18(16,17)15-9-7-6-8-11(15)3/h11,14H,4-10,13H2,1-3H3. The molecule has 0 spiro atoms. The highest BCUT2D eigenvalue weighted by Gasteiger charge is 2.36. The number of hydrogen-bond donors (Lipinski definition) is 2. The van der Waals surface area contributed by atoms with Crippen LogP contribution >= 0.6 is 0 Å². The molecular weight excluding hydrogens is 250 g/mol. The maximum atomic E-state index is 12.4. The average molecular weight is 277 g/mol. The lowest BCUT2D eigenvalue weighted by Crippen LogP contribution is -2.58. The topological polar surface area (TPSA) is 75.4 Å². The van der Waals surface area contributed by atoms with E-state index in [9.17, 15) is 8.42 Å². The zero-order valence-corrected chi connectivity index (χ0v) is 12.6. The van der Waals surface area contributed by atoms with Crippen LogP contribution < -0.4 is 10.5 Å². The van der Waals surface area contributed by atoms with Gasteiger partial charge in [-0.1, -0.05) is 20.3 Å². The third kappa shape index (κ3) is 3.44. The number of hydrogen-bond acceptors (Lipinski definition) is 3. The van der Waals surface area contributed by atoms with Crippen LogP contribution in [0.3, 0.4) is 0 Å². The third-order valence-electron chi connectivity index (χ3n) is 4.14. The molecule has 1 fully saturated rings. The van der Waals surface area contributed by atoms with E-state index in [1.54, 1.807) is 4.31 Å². The van der Waals surface area contributed by atoms with Crippen LogP contribution in [0.2, 0.25) is 0 Å². The predicted octanol–water partition coefficient (Wildman–Crippen LogP) is 1.21. The molecule has 1 atom stereocenters. The summed E-state index contributed by atoms with van der Waals surface area (Å²) in [6.45, 7) is 6.86. The van der Waals surface area contributed by atoms with Crippen molar-refractivity contribution in [3.63, 3.8) is 0 Å². The van der Waals surface area contributed by atoms with Crippen molar-refractivity contribution in [3.05, 3.63) is 0 Å². The van der Waals surface area contributed by atoms with Gasteiger partial charge < -0.3 is 5.73 Å². The summed E-state index contributed by atoms with van der Waals surface area (Å²) >= 11 is 0. The molecule has 0 saturated carbocycles. The Bertz CT molecular complexity index is 344. The quantitative estimate of drug-likeness (QED) is 0.766. The van der Waals surface area contributed by atoms with Gasteiger partial charge in [0, 0.05) is 24.7 Å². The average Bonchev–Trinajstić information content (AvgIpc) is 2.36. The van der Waals surface area contributed by atoms with Gasteiger partial charge in [-0.25, -0.2) is 0 Å². The van der Waals surface area contributed by atoms with E-state index in [4.69, 9.17) is 5.73 Å². The van der Waals surface area contributed by atoms with E-state index in [0.29, 0.717) is 25.9 Å². The maximum absolute atomic E-state index is 12.4. The molecule has 1 aliphatic heterocycles. The van der Waals surface area contributed by atoms with E-state index in [1.807, 2.05) is 20.8 Å². The van der Waals surface area contributed by atoms with E-state index in [0.717, 1.165) is 19.3 Å². The molecule has 0 aromatic heterocycles. The van der Waals surface area contributed by atoms with Gasteiger partial charge in [0.05, 0.1) is 0 Å². The summed E-state index contributed by atoms with van der Waals surface area (Å²) < 4.78 is 29.3. The molecule has 0 aromatic carbocycles. The molecule has 0 radical (unpaired) electrons. The van der Waals surface area contributed by atoms with Crippen LogP contribution in [0.1, 0.15) is 52.9 Å². The molecule has 1 rings (SSSR count). The molecule has 6 heteroatoms. The van der Waals surface area contributed by atoms with Gasteiger partial charge in [-0.3, -0.25) is 0 Å². The van der Waals surface area contributed by atoms with Gasteiger partial charge in [-0.2, -0.15) is 17.4 Å². The highest BCUT2D eigenvalue weighted by atomic mass is 32.2. The smallest absolute Gasteiger partial charge is 0.280 e. The summed E-state index contributed by atoms with van der Waals surface area (Å²) in [6, 6.07) is 0.0837. The Morgan fingerprint density at radius 1 is 1.33 bits per heavy atom. The van der Waals surface area contributed by atoms with Crippen LogP contribution in [0.25, 0.3) is 0 Å². The molecule has 1 heterocycles. The largest absolute Gasteiger partial charge is 0.329 e. The Labute approximate surface area is 111 Å². The lowest BCUT2D eigenvalue weighted by Gasteiger charge is -2.37. The summed E-state index contributed by atoms with van der Waals surface area (Å²) in [7, 11) is -3.42. The maximum Gasteiger partial charge on any atom is 0.280 e. The van der Waals surface area contributed by atoms with Gasteiger partial charge in [0.1, 0.15) is 0 Å². The molecule has 0 bridgehead atoms. The highest BCUT2D eigenvalue weighted by Crippen LogP contribution is 2.22. The lowest BCUT2D eigenvalue weighted by molar-refractivity contribution is 0.254. The van der Waals surface area contributed by atoms with E-state index < -0.39 is 15.7 Å². The van der Waals surface area contributed by atoms with E-state index in [-0.39, 0.29) is 6.04 Å². The summed E-state index contributed by atoms with van der Waals surface area (Å²) in [6.07, 6.45) is 4.41. The van der Waals surface area contributed by atoms with Crippen molar-refractivity contribution in [2.24, 2.45) is 5.73 Å². The number of nitrogens with zero attached hydrogens (tertiary/aromatic N) is 1. The third-order valence-corrected chi connectivity index (χ3v) is 5.99. The Hall–Kier alpha value is -0.170. The van der Waals surface area contributed by atoms with Gasteiger partial charge in [0.2, 0.25) is 0 Å². The van der Waals surface area contributed by atoms with Gasteiger partial charge in [0.25, 0.3) is 10.2 Å². The van der Waals surface area contributed by atoms with Crippen LogP contribution in [0, 0.1) is 0 Å². The molecule has 1 unspecified atom stereocenters. The summed E-state index contributed by atoms with van der Waals surface area (Å²) in [4.78, 5) is 0. The molecular formula is C12H27N3O2S. The monoisotopic (exact) mass is 277 g/mol. The molecule has 3 N–H and O–H groups in total. The van der Waals surface area contributed by atoms with E-state index in [2.05, 4.69) is 4.72 Å².